The average Bonchev–Trinajstić information content (AvgIpc) is 2.74. The van der Waals surface area contributed by atoms with Crippen LogP contribution >= 0.6 is 24.0 Å². The first-order valence-corrected chi connectivity index (χ1v) is 11.1. The lowest BCUT2D eigenvalue weighted by molar-refractivity contribution is -0.168. The van der Waals surface area contributed by atoms with Gasteiger partial charge in [-0.1, -0.05) is 31.5 Å². The van der Waals surface area contributed by atoms with Crippen molar-refractivity contribution in [2.45, 2.75) is 58.4 Å². The lowest BCUT2D eigenvalue weighted by Gasteiger charge is -2.44. The van der Waals surface area contributed by atoms with Crippen LogP contribution in [0.2, 0.25) is 5.02 Å². The fourth-order valence-electron chi connectivity index (χ4n) is 3.70. The van der Waals surface area contributed by atoms with Crippen molar-refractivity contribution in [2.75, 3.05) is 0 Å². The Balaban J connectivity index is 0.00000408. The van der Waals surface area contributed by atoms with Crippen LogP contribution in [0.4, 0.5) is 0 Å². The van der Waals surface area contributed by atoms with E-state index in [9.17, 15) is 14.4 Å². The van der Waals surface area contributed by atoms with E-state index in [1.807, 2.05) is 13.8 Å². The number of hydrogen-bond acceptors (Lipinski definition) is 6. The van der Waals surface area contributed by atoms with Gasteiger partial charge in [0.05, 0.1) is 6.04 Å². The van der Waals surface area contributed by atoms with Crippen LogP contribution in [0.15, 0.2) is 42.5 Å². The molecule has 0 saturated heterocycles. The van der Waals surface area contributed by atoms with E-state index in [1.54, 1.807) is 56.3 Å². The van der Waals surface area contributed by atoms with Crippen LogP contribution < -0.4 is 15.8 Å². The molecule has 1 amide bonds. The smallest absolute Gasteiger partial charge is 0.323 e. The molecule has 7 nitrogen and oxygen atoms in total. The topological polar surface area (TPSA) is 108 Å². The van der Waals surface area contributed by atoms with Gasteiger partial charge in [0.1, 0.15) is 17.4 Å². The van der Waals surface area contributed by atoms with Crippen LogP contribution in [0.25, 0.3) is 0 Å². The van der Waals surface area contributed by atoms with Crippen LogP contribution in [0, 0.1) is 5.92 Å². The van der Waals surface area contributed by atoms with E-state index < -0.39 is 35.7 Å². The van der Waals surface area contributed by atoms with Gasteiger partial charge >= 0.3 is 5.97 Å². The first-order chi connectivity index (χ1) is 15.4. The molecule has 2 aromatic carbocycles. The number of benzene rings is 2. The van der Waals surface area contributed by atoms with E-state index in [0.29, 0.717) is 27.5 Å². The van der Waals surface area contributed by atoms with Crippen molar-refractivity contribution in [3.8, 4) is 5.75 Å². The molecule has 0 aromatic heterocycles. The number of ketones is 1. The highest BCUT2D eigenvalue weighted by Crippen LogP contribution is 2.42. The highest BCUT2D eigenvalue weighted by molar-refractivity contribution is 6.30. The molecule has 0 saturated carbocycles. The molecule has 34 heavy (non-hydrogen) atoms. The highest BCUT2D eigenvalue weighted by atomic mass is 35.5. The average molecular weight is 509 g/mol. The van der Waals surface area contributed by atoms with E-state index in [-0.39, 0.29) is 24.1 Å². The molecule has 0 unspecified atom stereocenters. The van der Waals surface area contributed by atoms with Gasteiger partial charge in [0.2, 0.25) is 0 Å². The second kappa shape index (κ2) is 10.8. The summed E-state index contributed by atoms with van der Waals surface area (Å²) < 4.78 is 12.0. The van der Waals surface area contributed by atoms with Crippen molar-refractivity contribution in [1.29, 1.82) is 0 Å². The molecule has 3 atom stereocenters. The van der Waals surface area contributed by atoms with Crippen molar-refractivity contribution in [2.24, 2.45) is 11.7 Å². The molecule has 0 spiro atoms. The Kier molecular flexibility index (Phi) is 8.75. The van der Waals surface area contributed by atoms with Gasteiger partial charge in [-0.15, -0.1) is 12.4 Å². The van der Waals surface area contributed by atoms with Gasteiger partial charge in [-0.05, 0) is 63.1 Å². The molecule has 3 rings (SSSR count). The van der Waals surface area contributed by atoms with Crippen molar-refractivity contribution in [3.05, 3.63) is 64.2 Å². The second-order valence-electron chi connectivity index (χ2n) is 9.10. The molecule has 9 heteroatoms. The predicted octanol–water partition coefficient (Wildman–Crippen LogP) is 4.50. The molecule has 1 aliphatic heterocycles. The molecule has 0 fully saturated rings. The summed E-state index contributed by atoms with van der Waals surface area (Å²) in [6.45, 7) is 8.63. The molecule has 0 aliphatic carbocycles. The standard InChI is InChI=1S/C25H29ClN2O5.ClH/c1-13(2)20(27)24(31)32-22-21(28-23(30)16-7-6-8-17(26)11-16)18-12-15(14(3)29)9-10-19(18)33-25(22,4)5;/h6-13,20-22H,27H2,1-5H3,(H,28,30);1H/t20-,21-,22+;/m0./s1. The second-order valence-corrected chi connectivity index (χ2v) is 9.54. The fraction of sp³-hybridized carbons (Fsp3) is 0.400. The number of hydrogen-bond donors (Lipinski definition) is 2. The molecular weight excluding hydrogens is 479 g/mol. The number of Topliss-reactive ketones (excluding diaryl/α,β-unsaturated/α-hetero) is 1. The quantitative estimate of drug-likeness (QED) is 0.439. The summed E-state index contributed by atoms with van der Waals surface area (Å²) in [5.41, 5.74) is 6.35. The molecule has 2 aromatic rings. The first-order valence-electron chi connectivity index (χ1n) is 10.8. The van der Waals surface area contributed by atoms with Crippen LogP contribution in [0.3, 0.4) is 0 Å². The number of esters is 1. The number of nitrogens with two attached hydrogens (primary N) is 1. The minimum absolute atomic E-state index is 0. The predicted molar refractivity (Wildman–Crippen MR) is 133 cm³/mol. The van der Waals surface area contributed by atoms with Gasteiger partial charge in [0.25, 0.3) is 5.91 Å². The van der Waals surface area contributed by atoms with Crippen molar-refractivity contribution in [3.63, 3.8) is 0 Å². The summed E-state index contributed by atoms with van der Waals surface area (Å²) in [7, 11) is 0. The summed E-state index contributed by atoms with van der Waals surface area (Å²) in [5, 5.41) is 3.37. The number of fused-ring (bicyclic) bond motifs is 1. The zero-order valence-electron chi connectivity index (χ0n) is 19.8. The third-order valence-corrected chi connectivity index (χ3v) is 5.95. The molecule has 1 aliphatic rings. The summed E-state index contributed by atoms with van der Waals surface area (Å²) in [6, 6.07) is 9.89. The van der Waals surface area contributed by atoms with Crippen LogP contribution in [-0.4, -0.2) is 35.4 Å². The van der Waals surface area contributed by atoms with Gasteiger partial charge in [-0.25, -0.2) is 0 Å². The third kappa shape index (κ3) is 5.90. The van der Waals surface area contributed by atoms with Crippen molar-refractivity contribution >= 4 is 41.7 Å². The van der Waals surface area contributed by atoms with Gasteiger partial charge in [0, 0.05) is 21.7 Å². The molecule has 1 heterocycles. The first kappa shape index (κ1) is 27.6. The monoisotopic (exact) mass is 508 g/mol. The Hall–Kier alpha value is -2.61. The van der Waals surface area contributed by atoms with Crippen molar-refractivity contribution in [1.82, 2.24) is 5.32 Å². The molecule has 0 radical (unpaired) electrons. The maximum Gasteiger partial charge on any atom is 0.323 e. The summed E-state index contributed by atoms with van der Waals surface area (Å²) in [6.07, 6.45) is -0.910. The van der Waals surface area contributed by atoms with Gasteiger partial charge in [-0.2, -0.15) is 0 Å². The molecule has 184 valence electrons. The summed E-state index contributed by atoms with van der Waals surface area (Å²) in [5.74, 6) is -0.797. The van der Waals surface area contributed by atoms with E-state index >= 15 is 0 Å². The minimum atomic E-state index is -0.997. The zero-order chi connectivity index (χ0) is 24.5. The number of ether oxygens (including phenoxy) is 2. The van der Waals surface area contributed by atoms with E-state index in [4.69, 9.17) is 26.8 Å². The van der Waals surface area contributed by atoms with Crippen LogP contribution in [0.1, 0.15) is 66.9 Å². The number of nitrogens with one attached hydrogen (secondary N) is 1. The SMILES string of the molecule is CC(=O)c1ccc2c(c1)[C@H](NC(=O)c1cccc(Cl)c1)[C@@H](OC(=O)[C@@H](N)C(C)C)C(C)(C)O2.Cl. The molecule has 3 N–H and O–H groups in total. The molecule has 0 bridgehead atoms. The Bertz CT molecular complexity index is 1090. The van der Waals surface area contributed by atoms with E-state index in [0.717, 1.165) is 0 Å². The fourth-order valence-corrected chi connectivity index (χ4v) is 3.89. The van der Waals surface area contributed by atoms with Crippen LogP contribution in [0.5, 0.6) is 5.75 Å². The van der Waals surface area contributed by atoms with E-state index in [1.165, 1.54) is 6.92 Å². The minimum Gasteiger partial charge on any atom is -0.484 e. The van der Waals surface area contributed by atoms with Gasteiger partial charge in [-0.3, -0.25) is 14.4 Å². The number of carbonyl (C=O) groups excluding carboxylic acids is 3. The number of carbonyl (C=O) groups is 3. The molecular formula is C25H30Cl2N2O5. The summed E-state index contributed by atoms with van der Waals surface area (Å²) in [4.78, 5) is 37.9. The zero-order valence-corrected chi connectivity index (χ0v) is 21.3. The lowest BCUT2D eigenvalue weighted by atomic mass is 9.85. The largest absolute Gasteiger partial charge is 0.484 e. The lowest BCUT2D eigenvalue weighted by Crippen LogP contribution is -2.56. The highest BCUT2D eigenvalue weighted by Gasteiger charge is 2.48. The van der Waals surface area contributed by atoms with Crippen LogP contribution in [-0.2, 0) is 9.53 Å². The Labute approximate surface area is 210 Å². The number of amides is 1. The number of rotatable bonds is 6. The normalized spacial score (nSPS) is 19.2. The summed E-state index contributed by atoms with van der Waals surface area (Å²) >= 11 is 6.05. The van der Waals surface area contributed by atoms with Crippen molar-refractivity contribution < 1.29 is 23.9 Å². The number of halogens is 2. The van der Waals surface area contributed by atoms with E-state index in [2.05, 4.69) is 5.32 Å². The Morgan fingerprint density at radius 2 is 1.79 bits per heavy atom. The maximum absolute atomic E-state index is 13.1. The third-order valence-electron chi connectivity index (χ3n) is 5.72. The maximum atomic E-state index is 13.1. The van der Waals surface area contributed by atoms with Gasteiger partial charge in [0.15, 0.2) is 11.9 Å². The Morgan fingerprint density at radius 3 is 2.38 bits per heavy atom. The Morgan fingerprint density at radius 1 is 1.12 bits per heavy atom. The van der Waals surface area contributed by atoms with Gasteiger partial charge < -0.3 is 20.5 Å².